The number of amides is 2. The van der Waals surface area contributed by atoms with Gasteiger partial charge in [-0.25, -0.2) is 4.98 Å². The number of aromatic nitrogens is 3. The van der Waals surface area contributed by atoms with Crippen LogP contribution in [0, 0.1) is 5.92 Å². The number of likely N-dealkylation sites (tertiary alicyclic amines) is 1. The summed E-state index contributed by atoms with van der Waals surface area (Å²) in [5.74, 6) is 0.931. The van der Waals surface area contributed by atoms with Crippen LogP contribution in [0.5, 0.6) is 5.75 Å². The number of aryl methyl sites for hydroxylation is 1. The number of piperazine rings is 1. The molecule has 4 rings (SSSR count). The Kier molecular flexibility index (Phi) is 8.39. The fourth-order valence-electron chi connectivity index (χ4n) is 4.58. The third-order valence-corrected chi connectivity index (χ3v) is 6.91. The van der Waals surface area contributed by atoms with E-state index in [-0.39, 0.29) is 23.8 Å². The number of likely N-dealkylation sites (N-methyl/N-ethyl adjacent to an activating group) is 1. The summed E-state index contributed by atoms with van der Waals surface area (Å²) in [6, 6.07) is 7.30. The maximum Gasteiger partial charge on any atom is 0.223 e. The van der Waals surface area contributed by atoms with Crippen molar-refractivity contribution >= 4 is 23.4 Å². The Morgan fingerprint density at radius 2 is 1.82 bits per heavy atom. The van der Waals surface area contributed by atoms with Crippen molar-refractivity contribution in [2.45, 2.75) is 38.3 Å². The minimum atomic E-state index is -0.128. The number of piperidine rings is 1. The van der Waals surface area contributed by atoms with Gasteiger partial charge in [-0.1, -0.05) is 11.6 Å². The van der Waals surface area contributed by atoms with Crippen molar-refractivity contribution in [3.05, 3.63) is 41.9 Å². The van der Waals surface area contributed by atoms with Gasteiger partial charge in [-0.15, -0.1) is 0 Å². The van der Waals surface area contributed by atoms with E-state index in [0.29, 0.717) is 50.3 Å². The number of ether oxygens (including phenoxy) is 1. The molecule has 2 fully saturated rings. The van der Waals surface area contributed by atoms with Gasteiger partial charge < -0.3 is 19.4 Å². The Balaban J connectivity index is 1.37. The molecule has 184 valence electrons. The molecule has 2 saturated heterocycles. The summed E-state index contributed by atoms with van der Waals surface area (Å²) < 4.78 is 8.03. The highest BCUT2D eigenvalue weighted by Gasteiger charge is 2.35. The molecular formula is C24H33ClN6O3. The zero-order chi connectivity index (χ0) is 23.9. The molecule has 2 amide bonds. The second kappa shape index (κ2) is 11.7. The zero-order valence-corrected chi connectivity index (χ0v) is 20.4. The van der Waals surface area contributed by atoms with E-state index in [1.54, 1.807) is 23.1 Å². The Bertz CT molecular complexity index is 931. The monoisotopic (exact) mass is 488 g/mol. The summed E-state index contributed by atoms with van der Waals surface area (Å²) in [7, 11) is 2.07. The minimum absolute atomic E-state index is 0.0594. The van der Waals surface area contributed by atoms with Crippen LogP contribution in [0.1, 0.15) is 25.7 Å². The van der Waals surface area contributed by atoms with E-state index in [1.165, 1.54) is 6.33 Å². The van der Waals surface area contributed by atoms with Crippen molar-refractivity contribution in [3.8, 4) is 5.75 Å². The fraction of sp³-hybridized carbons (Fsp3) is 0.583. The van der Waals surface area contributed by atoms with Crippen LogP contribution in [0.25, 0.3) is 0 Å². The van der Waals surface area contributed by atoms with E-state index < -0.39 is 0 Å². The molecule has 0 aliphatic carbocycles. The second-order valence-corrected chi connectivity index (χ2v) is 9.59. The van der Waals surface area contributed by atoms with Crippen molar-refractivity contribution in [1.82, 2.24) is 29.5 Å². The molecule has 0 spiro atoms. The number of hydrogen-bond donors (Lipinski definition) is 0. The lowest BCUT2D eigenvalue weighted by atomic mass is 9.90. The van der Waals surface area contributed by atoms with Gasteiger partial charge in [-0.05, 0) is 37.7 Å². The van der Waals surface area contributed by atoms with E-state index in [0.717, 1.165) is 31.9 Å². The third kappa shape index (κ3) is 6.70. The topological polar surface area (TPSA) is 83.8 Å². The SMILES string of the molecule is CN1CCN(C(=O)C[C@H]2CN(C(=O)CCCn3cncn3)CC[C@@H]2Oc2ccc(Cl)cc2)CC1. The lowest BCUT2D eigenvalue weighted by Crippen LogP contribution is -2.51. The van der Waals surface area contributed by atoms with Crippen LogP contribution >= 0.6 is 11.6 Å². The summed E-state index contributed by atoms with van der Waals surface area (Å²) in [4.78, 5) is 36.0. The van der Waals surface area contributed by atoms with Gasteiger partial charge in [0.15, 0.2) is 0 Å². The number of halogens is 1. The molecule has 2 atom stereocenters. The second-order valence-electron chi connectivity index (χ2n) is 9.15. The van der Waals surface area contributed by atoms with Gasteiger partial charge >= 0.3 is 0 Å². The molecule has 0 saturated carbocycles. The molecule has 3 heterocycles. The van der Waals surface area contributed by atoms with Crippen LogP contribution in [-0.2, 0) is 16.1 Å². The maximum absolute atomic E-state index is 13.1. The Hall–Kier alpha value is -2.65. The molecule has 2 aromatic rings. The van der Waals surface area contributed by atoms with E-state index >= 15 is 0 Å². The molecule has 9 nitrogen and oxygen atoms in total. The van der Waals surface area contributed by atoms with Gasteiger partial charge in [0.25, 0.3) is 0 Å². The average molecular weight is 489 g/mol. The maximum atomic E-state index is 13.1. The van der Waals surface area contributed by atoms with Crippen LogP contribution in [0.3, 0.4) is 0 Å². The van der Waals surface area contributed by atoms with Crippen molar-refractivity contribution in [2.75, 3.05) is 46.3 Å². The minimum Gasteiger partial charge on any atom is -0.490 e. The van der Waals surface area contributed by atoms with E-state index in [1.807, 2.05) is 21.9 Å². The van der Waals surface area contributed by atoms with Crippen LogP contribution in [-0.4, -0.2) is 93.7 Å². The van der Waals surface area contributed by atoms with Crippen LogP contribution in [0.4, 0.5) is 0 Å². The number of nitrogens with zero attached hydrogens (tertiary/aromatic N) is 6. The predicted octanol–water partition coefficient (Wildman–Crippen LogP) is 2.17. The third-order valence-electron chi connectivity index (χ3n) is 6.66. The summed E-state index contributed by atoms with van der Waals surface area (Å²) in [5.41, 5.74) is 0. The van der Waals surface area contributed by atoms with Gasteiger partial charge in [-0.2, -0.15) is 5.10 Å². The number of benzene rings is 1. The van der Waals surface area contributed by atoms with Crippen molar-refractivity contribution in [3.63, 3.8) is 0 Å². The summed E-state index contributed by atoms with van der Waals surface area (Å²) in [6.45, 7) is 5.08. The molecule has 0 unspecified atom stereocenters. The van der Waals surface area contributed by atoms with Crippen LogP contribution in [0.2, 0.25) is 5.02 Å². The molecule has 2 aliphatic heterocycles. The number of hydrogen-bond acceptors (Lipinski definition) is 6. The molecule has 1 aromatic carbocycles. The highest BCUT2D eigenvalue weighted by atomic mass is 35.5. The first-order valence-corrected chi connectivity index (χ1v) is 12.3. The van der Waals surface area contributed by atoms with E-state index in [9.17, 15) is 9.59 Å². The average Bonchev–Trinajstić information content (AvgIpc) is 3.35. The van der Waals surface area contributed by atoms with Crippen molar-refractivity contribution < 1.29 is 14.3 Å². The molecule has 10 heteroatoms. The zero-order valence-electron chi connectivity index (χ0n) is 19.7. The Labute approximate surface area is 205 Å². The Morgan fingerprint density at radius 3 is 2.53 bits per heavy atom. The van der Waals surface area contributed by atoms with Gasteiger partial charge in [0.2, 0.25) is 11.8 Å². The molecule has 2 aliphatic rings. The predicted molar refractivity (Wildman–Crippen MR) is 129 cm³/mol. The molecule has 0 radical (unpaired) electrons. The molecule has 34 heavy (non-hydrogen) atoms. The fourth-order valence-corrected chi connectivity index (χ4v) is 4.71. The summed E-state index contributed by atoms with van der Waals surface area (Å²) >= 11 is 6.01. The number of carbonyl (C=O) groups is 2. The largest absolute Gasteiger partial charge is 0.490 e. The summed E-state index contributed by atoms with van der Waals surface area (Å²) in [5, 5.41) is 4.74. The van der Waals surface area contributed by atoms with Gasteiger partial charge in [0.1, 0.15) is 24.5 Å². The Morgan fingerprint density at radius 1 is 1.06 bits per heavy atom. The molecule has 0 bridgehead atoms. The molecule has 0 N–H and O–H groups in total. The number of rotatable bonds is 8. The normalized spacial score (nSPS) is 21.5. The lowest BCUT2D eigenvalue weighted by molar-refractivity contribution is -0.140. The van der Waals surface area contributed by atoms with Gasteiger partial charge in [0, 0.05) is 76.0 Å². The van der Waals surface area contributed by atoms with Gasteiger partial charge in [-0.3, -0.25) is 14.3 Å². The highest BCUT2D eigenvalue weighted by Crippen LogP contribution is 2.28. The first-order chi connectivity index (χ1) is 16.5. The molecular weight excluding hydrogens is 456 g/mol. The summed E-state index contributed by atoms with van der Waals surface area (Å²) in [6.07, 6.45) is 5.25. The lowest BCUT2D eigenvalue weighted by Gasteiger charge is -2.40. The first-order valence-electron chi connectivity index (χ1n) is 12.0. The molecule has 1 aromatic heterocycles. The number of carbonyl (C=O) groups excluding carboxylic acids is 2. The highest BCUT2D eigenvalue weighted by molar-refractivity contribution is 6.30. The quantitative estimate of drug-likeness (QED) is 0.566. The van der Waals surface area contributed by atoms with Gasteiger partial charge in [0.05, 0.1) is 0 Å². The van der Waals surface area contributed by atoms with Crippen molar-refractivity contribution in [2.24, 2.45) is 5.92 Å². The van der Waals surface area contributed by atoms with E-state index in [4.69, 9.17) is 16.3 Å². The van der Waals surface area contributed by atoms with E-state index in [2.05, 4.69) is 22.0 Å². The van der Waals surface area contributed by atoms with Crippen molar-refractivity contribution in [1.29, 1.82) is 0 Å². The smallest absolute Gasteiger partial charge is 0.223 e. The van der Waals surface area contributed by atoms with Crippen LogP contribution in [0.15, 0.2) is 36.9 Å². The van der Waals surface area contributed by atoms with Crippen LogP contribution < -0.4 is 4.74 Å². The first kappa shape index (κ1) is 24.5. The standard InChI is InChI=1S/C24H33ClN6O3/c1-28-11-13-29(14-12-28)24(33)15-19-16-30(23(32)3-2-9-31-18-26-17-27-31)10-8-22(19)34-21-6-4-20(25)5-7-21/h4-7,17-19,22H,2-3,8-16H2,1H3/t19-,22-/m0/s1.